The van der Waals surface area contributed by atoms with Crippen LogP contribution in [0.25, 0.3) is 10.8 Å². The molecule has 0 spiro atoms. The molecule has 4 aromatic rings. The number of ether oxygens (including phenoxy) is 5. The highest BCUT2D eigenvalue weighted by molar-refractivity contribution is 5.97. The lowest BCUT2D eigenvalue weighted by Gasteiger charge is -2.09. The molecule has 0 N–H and O–H groups in total. The number of unbranched alkanes of at least 4 members (excludes halogenated alkanes) is 6. The Morgan fingerprint density at radius 1 is 0.558 bits per heavy atom. The highest BCUT2D eigenvalue weighted by Crippen LogP contribution is 2.25. The maximum absolute atomic E-state index is 12.9. The summed E-state index contributed by atoms with van der Waals surface area (Å²) in [5.41, 5.74) is 3.24. The van der Waals surface area contributed by atoms with Crippen LogP contribution in [0.15, 0.2) is 116 Å². The average molecular weight is 709 g/mol. The van der Waals surface area contributed by atoms with Crippen LogP contribution in [0.1, 0.15) is 72.1 Å². The maximum Gasteiger partial charge on any atom is 0.343 e. The molecular weight excluding hydrogens is 664 g/mol. The third-order valence-corrected chi connectivity index (χ3v) is 7.69. The molecule has 10 heteroatoms. The lowest BCUT2D eigenvalue weighted by molar-refractivity contribution is -0.248. The Morgan fingerprint density at radius 3 is 1.71 bits per heavy atom. The predicted octanol–water partition coefficient (Wildman–Crippen LogP) is 9.13. The summed E-state index contributed by atoms with van der Waals surface area (Å²) in [4.78, 5) is 46.4. The Kier molecular flexibility index (Phi) is 16.5. The lowest BCUT2D eigenvalue weighted by atomic mass is 10.1. The maximum atomic E-state index is 12.9. The van der Waals surface area contributed by atoms with Crippen molar-refractivity contribution in [2.75, 3.05) is 26.4 Å². The molecule has 0 aliphatic rings. The molecule has 0 saturated heterocycles. The zero-order valence-electron chi connectivity index (χ0n) is 29.2. The topological polar surface area (TPSA) is 116 Å². The van der Waals surface area contributed by atoms with Crippen molar-refractivity contribution in [3.05, 3.63) is 127 Å². The number of carbonyl (C=O) groups excluding carboxylic acids is 3. The third kappa shape index (κ3) is 13.8. The molecule has 0 aromatic heterocycles. The van der Waals surface area contributed by atoms with Gasteiger partial charge in [0.15, 0.2) is 6.26 Å². The molecular formula is C42H44O10. The zero-order valence-corrected chi connectivity index (χ0v) is 29.2. The van der Waals surface area contributed by atoms with Gasteiger partial charge in [-0.2, -0.15) is 4.89 Å². The van der Waals surface area contributed by atoms with Gasteiger partial charge in [0.05, 0.1) is 37.6 Å². The van der Waals surface area contributed by atoms with E-state index in [0.717, 1.165) is 68.2 Å². The summed E-state index contributed by atoms with van der Waals surface area (Å²) in [5.74, 6) is 0.760. The smallest absolute Gasteiger partial charge is 0.343 e. The van der Waals surface area contributed by atoms with Crippen LogP contribution in [-0.4, -0.2) is 44.3 Å². The first kappa shape index (κ1) is 39.0. The van der Waals surface area contributed by atoms with Crippen molar-refractivity contribution in [1.82, 2.24) is 0 Å². The average Bonchev–Trinajstić information content (AvgIpc) is 3.17. The van der Waals surface area contributed by atoms with E-state index in [1.54, 1.807) is 84.9 Å². The first-order valence-electron chi connectivity index (χ1n) is 17.3. The molecule has 4 rings (SSSR count). The van der Waals surface area contributed by atoms with Crippen LogP contribution < -0.4 is 18.9 Å². The molecule has 0 amide bonds. The fraction of sp³-hybridized carbons (Fsp3) is 0.286. The molecule has 0 unspecified atom stereocenters. The van der Waals surface area contributed by atoms with Gasteiger partial charge in [-0.15, -0.1) is 0 Å². The fourth-order valence-corrected chi connectivity index (χ4v) is 4.94. The number of carbonyl (C=O) groups is 3. The molecule has 0 bridgehead atoms. The minimum absolute atomic E-state index is 0.382. The number of hydrogen-bond donors (Lipinski definition) is 0. The number of hydrogen-bond acceptors (Lipinski definition) is 10. The van der Waals surface area contributed by atoms with Gasteiger partial charge in [-0.3, -0.25) is 0 Å². The van der Waals surface area contributed by atoms with Gasteiger partial charge in [-0.05, 0) is 129 Å². The van der Waals surface area contributed by atoms with Crippen LogP contribution in [0.4, 0.5) is 0 Å². The van der Waals surface area contributed by atoms with E-state index in [1.807, 2.05) is 0 Å². The summed E-state index contributed by atoms with van der Waals surface area (Å²) in [6, 6.07) is 24.1. The van der Waals surface area contributed by atoms with Gasteiger partial charge >= 0.3 is 17.9 Å². The first-order valence-corrected chi connectivity index (χ1v) is 17.3. The monoisotopic (exact) mass is 708 g/mol. The molecule has 0 fully saturated rings. The van der Waals surface area contributed by atoms with Crippen molar-refractivity contribution in [2.45, 2.75) is 51.4 Å². The molecule has 0 aliphatic carbocycles. The normalized spacial score (nSPS) is 10.5. The SMILES string of the molecule is C=C=COOCCCCCCOc1ccc(OC(=O)c2ccc3cc(OC(=O)c4ccc(OCCCCCCOC(=O)C=C)cc4)ccc3c2)cc1. The quantitative estimate of drug-likeness (QED) is 0.0108. The van der Waals surface area contributed by atoms with Gasteiger partial charge < -0.3 is 28.6 Å². The summed E-state index contributed by atoms with van der Waals surface area (Å²) in [6.45, 7) is 8.77. The number of benzene rings is 4. The van der Waals surface area contributed by atoms with E-state index in [4.69, 9.17) is 33.5 Å². The van der Waals surface area contributed by atoms with Gasteiger partial charge in [0.1, 0.15) is 23.0 Å². The van der Waals surface area contributed by atoms with Crippen LogP contribution in [0.5, 0.6) is 23.0 Å². The van der Waals surface area contributed by atoms with Gasteiger partial charge in [0.2, 0.25) is 0 Å². The van der Waals surface area contributed by atoms with Crippen molar-refractivity contribution in [3.8, 4) is 23.0 Å². The van der Waals surface area contributed by atoms with E-state index in [9.17, 15) is 14.4 Å². The zero-order chi connectivity index (χ0) is 36.8. The lowest BCUT2D eigenvalue weighted by Crippen LogP contribution is -2.09. The van der Waals surface area contributed by atoms with Gasteiger partial charge in [-0.1, -0.05) is 37.4 Å². The Labute approximate surface area is 304 Å². The van der Waals surface area contributed by atoms with Crippen molar-refractivity contribution in [1.29, 1.82) is 0 Å². The molecule has 52 heavy (non-hydrogen) atoms. The molecule has 4 aromatic carbocycles. The van der Waals surface area contributed by atoms with Crippen LogP contribution in [0.3, 0.4) is 0 Å². The molecule has 0 heterocycles. The minimum Gasteiger partial charge on any atom is -0.494 e. The molecule has 272 valence electrons. The highest BCUT2D eigenvalue weighted by Gasteiger charge is 2.13. The van der Waals surface area contributed by atoms with Crippen molar-refractivity contribution >= 4 is 28.7 Å². The molecule has 0 radical (unpaired) electrons. The minimum atomic E-state index is -0.495. The molecule has 0 saturated carbocycles. The standard InChI is InChI=1S/C42H44O10/c1-3-25-49-50-29-12-8-7-10-27-47-37-21-23-38(24-22-37)51-42(45)35-14-13-34-31-39(20-17-33(34)30-35)52-41(44)32-15-18-36(19-16-32)46-26-9-5-6-11-28-48-40(43)4-2/h4,13-25,30-31H,1-2,5-12,26-29H2. The number of fused-ring (bicyclic) bond motifs is 1. The van der Waals surface area contributed by atoms with Crippen LogP contribution in [0, 0.1) is 0 Å². The Morgan fingerprint density at radius 2 is 1.06 bits per heavy atom. The summed E-state index contributed by atoms with van der Waals surface area (Å²) in [6.07, 6.45) is 9.76. The van der Waals surface area contributed by atoms with E-state index in [-0.39, 0.29) is 0 Å². The molecule has 0 aliphatic heterocycles. The van der Waals surface area contributed by atoms with Gasteiger partial charge in [0.25, 0.3) is 0 Å². The largest absolute Gasteiger partial charge is 0.494 e. The van der Waals surface area contributed by atoms with E-state index in [0.29, 0.717) is 60.6 Å². The highest BCUT2D eigenvalue weighted by atomic mass is 17.2. The van der Waals surface area contributed by atoms with Crippen molar-refractivity contribution < 1.29 is 47.8 Å². The summed E-state index contributed by atoms with van der Waals surface area (Å²) in [5, 5.41) is 1.59. The van der Waals surface area contributed by atoms with E-state index in [1.165, 1.54) is 6.26 Å². The Balaban J connectivity index is 1.16. The van der Waals surface area contributed by atoms with E-state index < -0.39 is 17.9 Å². The summed E-state index contributed by atoms with van der Waals surface area (Å²) < 4.78 is 27.7. The van der Waals surface area contributed by atoms with E-state index in [2.05, 4.69) is 18.9 Å². The van der Waals surface area contributed by atoms with Crippen molar-refractivity contribution in [3.63, 3.8) is 0 Å². The summed E-state index contributed by atoms with van der Waals surface area (Å²) >= 11 is 0. The second-order valence-electron chi connectivity index (χ2n) is 11.6. The first-order chi connectivity index (χ1) is 25.4. The van der Waals surface area contributed by atoms with E-state index >= 15 is 0 Å². The number of rotatable bonds is 23. The van der Waals surface area contributed by atoms with Crippen LogP contribution in [0.2, 0.25) is 0 Å². The van der Waals surface area contributed by atoms with Crippen LogP contribution in [-0.2, 0) is 19.3 Å². The van der Waals surface area contributed by atoms with Crippen LogP contribution >= 0.6 is 0 Å². The Bertz CT molecular complexity index is 1790. The van der Waals surface area contributed by atoms with Gasteiger partial charge in [-0.25, -0.2) is 14.4 Å². The Hall–Kier alpha value is -5.83. The predicted molar refractivity (Wildman–Crippen MR) is 197 cm³/mol. The van der Waals surface area contributed by atoms with Gasteiger partial charge in [0, 0.05) is 6.08 Å². The second-order valence-corrected chi connectivity index (χ2v) is 11.6. The third-order valence-electron chi connectivity index (χ3n) is 7.69. The fourth-order valence-electron chi connectivity index (χ4n) is 4.94. The molecule has 0 atom stereocenters. The van der Waals surface area contributed by atoms with Crippen molar-refractivity contribution in [2.24, 2.45) is 0 Å². The number of esters is 3. The molecule has 10 nitrogen and oxygen atoms in total. The second kappa shape index (κ2) is 22.1. The summed E-state index contributed by atoms with van der Waals surface area (Å²) in [7, 11) is 0.